The van der Waals surface area contributed by atoms with Gasteiger partial charge < -0.3 is 5.32 Å². The van der Waals surface area contributed by atoms with E-state index in [1.165, 1.54) is 16.4 Å². The zero-order valence-corrected chi connectivity index (χ0v) is 18.5. The number of amides is 1. The molecule has 1 saturated heterocycles. The van der Waals surface area contributed by atoms with Crippen LogP contribution in [-0.2, 0) is 22.4 Å². The highest BCUT2D eigenvalue weighted by Gasteiger charge is 2.37. The van der Waals surface area contributed by atoms with Crippen molar-refractivity contribution >= 4 is 15.9 Å². The third-order valence-corrected chi connectivity index (χ3v) is 7.19. The van der Waals surface area contributed by atoms with Crippen molar-refractivity contribution in [1.29, 1.82) is 0 Å². The van der Waals surface area contributed by atoms with Crippen molar-refractivity contribution < 1.29 is 39.6 Å². The molecule has 0 bridgehead atoms. The summed E-state index contributed by atoms with van der Waals surface area (Å²) < 4.78 is 104. The topological polar surface area (TPSA) is 69.7 Å². The number of nitrogens with one attached hydrogen (secondary N) is 1. The Morgan fingerprint density at radius 2 is 1.38 bits per heavy atom. The van der Waals surface area contributed by atoms with Crippen molar-refractivity contribution in [2.75, 3.05) is 39.3 Å². The zero-order valence-electron chi connectivity index (χ0n) is 17.7. The lowest BCUT2D eigenvalue weighted by Gasteiger charge is -2.33. The van der Waals surface area contributed by atoms with E-state index in [1.54, 1.807) is 18.2 Å². The van der Waals surface area contributed by atoms with Crippen LogP contribution >= 0.6 is 0 Å². The molecule has 0 aromatic heterocycles. The van der Waals surface area contributed by atoms with Crippen molar-refractivity contribution in [3.05, 3.63) is 65.2 Å². The van der Waals surface area contributed by atoms with Crippen LogP contribution in [0.25, 0.3) is 0 Å². The maximum absolute atomic E-state index is 13.0. The van der Waals surface area contributed by atoms with Gasteiger partial charge in [0.05, 0.1) is 16.0 Å². The summed E-state index contributed by atoms with van der Waals surface area (Å²) >= 11 is 0. The van der Waals surface area contributed by atoms with Crippen LogP contribution in [0.1, 0.15) is 21.5 Å². The standard InChI is InChI=1S/C21H21F6N3O3S/c22-20(23,24)16-12-15(13-17(14-16)21(25,26)27)19(31)28-6-7-29-8-10-30(11-9-29)34(32,33)18-4-2-1-3-5-18/h1-5,12-14H,6-11H2,(H,28,31). The molecule has 3 rings (SSSR count). The fourth-order valence-electron chi connectivity index (χ4n) is 3.45. The Kier molecular flexibility index (Phi) is 7.58. The van der Waals surface area contributed by atoms with Gasteiger partial charge in [0, 0.05) is 44.8 Å². The smallest absolute Gasteiger partial charge is 0.351 e. The van der Waals surface area contributed by atoms with Gasteiger partial charge in [-0.2, -0.15) is 30.6 Å². The first-order valence-corrected chi connectivity index (χ1v) is 11.6. The normalized spacial score (nSPS) is 16.4. The number of rotatable bonds is 6. The van der Waals surface area contributed by atoms with Gasteiger partial charge in [0.1, 0.15) is 0 Å². The number of halogens is 6. The summed E-state index contributed by atoms with van der Waals surface area (Å²) in [4.78, 5) is 14.2. The van der Waals surface area contributed by atoms with Crippen LogP contribution in [0.5, 0.6) is 0 Å². The van der Waals surface area contributed by atoms with E-state index >= 15 is 0 Å². The molecule has 2 aromatic rings. The quantitative estimate of drug-likeness (QED) is 0.606. The molecule has 34 heavy (non-hydrogen) atoms. The molecular formula is C21H21F6N3O3S. The first kappa shape index (κ1) is 26.0. The second-order valence-corrected chi connectivity index (χ2v) is 9.55. The highest BCUT2D eigenvalue weighted by atomic mass is 32.2. The summed E-state index contributed by atoms with van der Waals surface area (Å²) in [6.07, 6.45) is -10.1. The van der Waals surface area contributed by atoms with Gasteiger partial charge in [-0.25, -0.2) is 8.42 Å². The molecule has 0 spiro atoms. The molecule has 0 aliphatic carbocycles. The lowest BCUT2D eigenvalue weighted by molar-refractivity contribution is -0.143. The second-order valence-electron chi connectivity index (χ2n) is 7.61. The molecule has 0 unspecified atom stereocenters. The number of nitrogens with zero attached hydrogens (tertiary/aromatic N) is 2. The minimum absolute atomic E-state index is 0.0398. The predicted molar refractivity (Wildman–Crippen MR) is 110 cm³/mol. The Morgan fingerprint density at radius 3 is 1.88 bits per heavy atom. The van der Waals surface area contributed by atoms with Crippen molar-refractivity contribution in [1.82, 2.24) is 14.5 Å². The fraction of sp³-hybridized carbons (Fsp3) is 0.381. The third kappa shape index (κ3) is 6.27. The molecule has 6 nitrogen and oxygen atoms in total. The molecule has 1 N–H and O–H groups in total. The number of carbonyl (C=O) groups is 1. The van der Waals surface area contributed by atoms with Crippen LogP contribution in [0.15, 0.2) is 53.4 Å². The Hall–Kier alpha value is -2.64. The maximum Gasteiger partial charge on any atom is 0.416 e. The van der Waals surface area contributed by atoms with Crippen LogP contribution in [0.4, 0.5) is 26.3 Å². The van der Waals surface area contributed by atoms with E-state index in [1.807, 2.05) is 4.90 Å². The average molecular weight is 509 g/mol. The Balaban J connectivity index is 1.56. The summed E-state index contributed by atoms with van der Waals surface area (Å²) in [5.41, 5.74) is -3.88. The van der Waals surface area contributed by atoms with Gasteiger partial charge in [0.25, 0.3) is 5.91 Å². The second kappa shape index (κ2) is 9.92. The number of hydrogen-bond acceptors (Lipinski definition) is 4. The van der Waals surface area contributed by atoms with Gasteiger partial charge in [-0.05, 0) is 30.3 Å². The van der Waals surface area contributed by atoms with Crippen molar-refractivity contribution in [2.45, 2.75) is 17.2 Å². The summed E-state index contributed by atoms with van der Waals surface area (Å²) in [7, 11) is -3.63. The maximum atomic E-state index is 13.0. The van der Waals surface area contributed by atoms with E-state index in [0.29, 0.717) is 25.2 Å². The largest absolute Gasteiger partial charge is 0.416 e. The highest BCUT2D eigenvalue weighted by molar-refractivity contribution is 7.89. The fourth-order valence-corrected chi connectivity index (χ4v) is 4.89. The molecule has 186 valence electrons. The van der Waals surface area contributed by atoms with Gasteiger partial charge in [0.2, 0.25) is 10.0 Å². The van der Waals surface area contributed by atoms with Crippen molar-refractivity contribution in [3.63, 3.8) is 0 Å². The molecule has 2 aromatic carbocycles. The minimum atomic E-state index is -5.05. The van der Waals surface area contributed by atoms with E-state index in [4.69, 9.17) is 0 Å². The van der Waals surface area contributed by atoms with Gasteiger partial charge in [-0.15, -0.1) is 0 Å². The summed E-state index contributed by atoms with van der Waals surface area (Å²) in [6, 6.07) is 8.63. The molecule has 0 saturated carbocycles. The average Bonchev–Trinajstić information content (AvgIpc) is 2.78. The molecule has 0 radical (unpaired) electrons. The number of alkyl halides is 6. The predicted octanol–water partition coefficient (Wildman–Crippen LogP) is 3.46. The van der Waals surface area contributed by atoms with E-state index in [9.17, 15) is 39.6 Å². The first-order valence-electron chi connectivity index (χ1n) is 10.1. The summed E-state index contributed by atoms with van der Waals surface area (Å²) in [5.74, 6) is -1.07. The van der Waals surface area contributed by atoms with Crippen LogP contribution in [0.2, 0.25) is 0 Å². The molecule has 1 aliphatic heterocycles. The van der Waals surface area contributed by atoms with Gasteiger partial charge in [-0.3, -0.25) is 9.69 Å². The molecular weight excluding hydrogens is 488 g/mol. The molecule has 13 heteroatoms. The van der Waals surface area contributed by atoms with Gasteiger partial charge in [0.15, 0.2) is 0 Å². The monoisotopic (exact) mass is 509 g/mol. The SMILES string of the molecule is O=C(NCCN1CCN(S(=O)(=O)c2ccccc2)CC1)c1cc(C(F)(F)F)cc(C(F)(F)F)c1. The van der Waals surface area contributed by atoms with E-state index in [-0.39, 0.29) is 37.1 Å². The van der Waals surface area contributed by atoms with Crippen molar-refractivity contribution in [2.24, 2.45) is 0 Å². The molecule has 1 fully saturated rings. The zero-order chi connectivity index (χ0) is 25.1. The molecule has 1 amide bonds. The van der Waals surface area contributed by atoms with Crippen LogP contribution in [0.3, 0.4) is 0 Å². The number of hydrogen-bond donors (Lipinski definition) is 1. The minimum Gasteiger partial charge on any atom is -0.351 e. The first-order chi connectivity index (χ1) is 15.8. The Bertz CT molecular complexity index is 1080. The third-order valence-electron chi connectivity index (χ3n) is 5.28. The Morgan fingerprint density at radius 1 is 0.853 bits per heavy atom. The summed E-state index contributed by atoms with van der Waals surface area (Å²) in [5, 5.41) is 2.32. The number of benzene rings is 2. The molecule has 1 aliphatic rings. The van der Waals surface area contributed by atoms with E-state index < -0.39 is 45.0 Å². The molecule has 0 atom stereocenters. The summed E-state index contributed by atoms with van der Waals surface area (Å²) in [6.45, 7) is 1.31. The molecule has 1 heterocycles. The van der Waals surface area contributed by atoms with Crippen LogP contribution in [-0.4, -0.2) is 62.8 Å². The number of piperazine rings is 1. The van der Waals surface area contributed by atoms with Crippen LogP contribution < -0.4 is 5.32 Å². The Labute approximate surface area is 192 Å². The number of sulfonamides is 1. The van der Waals surface area contributed by atoms with Gasteiger partial charge >= 0.3 is 12.4 Å². The van der Waals surface area contributed by atoms with Gasteiger partial charge in [-0.1, -0.05) is 18.2 Å². The van der Waals surface area contributed by atoms with Crippen molar-refractivity contribution in [3.8, 4) is 0 Å². The van der Waals surface area contributed by atoms with E-state index in [2.05, 4.69) is 5.32 Å². The van der Waals surface area contributed by atoms with Crippen LogP contribution in [0, 0.1) is 0 Å². The lowest BCUT2D eigenvalue weighted by Crippen LogP contribution is -2.50. The lowest BCUT2D eigenvalue weighted by atomic mass is 10.0. The van der Waals surface area contributed by atoms with E-state index in [0.717, 1.165) is 0 Å². The number of carbonyl (C=O) groups excluding carboxylic acids is 1. The highest BCUT2D eigenvalue weighted by Crippen LogP contribution is 2.36.